The minimum atomic E-state index is -0.983. The lowest BCUT2D eigenvalue weighted by molar-refractivity contribution is -0.118. The number of hydrogen-bond donors (Lipinski definition) is 3. The molecule has 38 heavy (non-hydrogen) atoms. The fourth-order valence-electron chi connectivity index (χ4n) is 3.59. The molecule has 198 valence electrons. The van der Waals surface area contributed by atoms with Crippen molar-refractivity contribution in [3.05, 3.63) is 95.6 Å². The second-order valence-corrected chi connectivity index (χ2v) is 9.41. The van der Waals surface area contributed by atoms with Crippen LogP contribution in [0.4, 0.5) is 16.2 Å². The predicted octanol–water partition coefficient (Wildman–Crippen LogP) is 4.80. The lowest BCUT2D eigenvalue weighted by Crippen LogP contribution is -2.47. The van der Waals surface area contributed by atoms with E-state index in [2.05, 4.69) is 16.0 Å². The van der Waals surface area contributed by atoms with Crippen LogP contribution in [-0.2, 0) is 20.7 Å². The Hall–Kier alpha value is -4.66. The van der Waals surface area contributed by atoms with E-state index in [1.165, 1.54) is 13.2 Å². The second-order valence-electron chi connectivity index (χ2n) is 9.41. The van der Waals surface area contributed by atoms with Gasteiger partial charge in [-0.2, -0.15) is 0 Å². The molecule has 3 rings (SSSR count). The van der Waals surface area contributed by atoms with Gasteiger partial charge >= 0.3 is 12.1 Å². The molecule has 0 aliphatic heterocycles. The summed E-state index contributed by atoms with van der Waals surface area (Å²) in [5.41, 5.74) is 0.927. The molecule has 3 aromatic rings. The zero-order chi connectivity index (χ0) is 27.7. The van der Waals surface area contributed by atoms with Crippen LogP contribution in [0.1, 0.15) is 47.1 Å². The van der Waals surface area contributed by atoms with Gasteiger partial charge in [-0.15, -0.1) is 0 Å². The maximum atomic E-state index is 13.4. The molecule has 0 bridgehead atoms. The van der Waals surface area contributed by atoms with Gasteiger partial charge in [0.15, 0.2) is 0 Å². The lowest BCUT2D eigenvalue weighted by atomic mass is 10.0. The number of anilines is 2. The smallest absolute Gasteiger partial charge is 0.408 e. The van der Waals surface area contributed by atoms with Crippen molar-refractivity contribution in [3.63, 3.8) is 0 Å². The molecule has 3 amide bonds. The highest BCUT2D eigenvalue weighted by Crippen LogP contribution is 2.21. The molecular formula is C29H31N3O6. The van der Waals surface area contributed by atoms with Gasteiger partial charge in [-0.25, -0.2) is 9.59 Å². The Labute approximate surface area is 221 Å². The van der Waals surface area contributed by atoms with E-state index < -0.39 is 35.5 Å². The van der Waals surface area contributed by atoms with Gasteiger partial charge in [-0.1, -0.05) is 54.6 Å². The van der Waals surface area contributed by atoms with Gasteiger partial charge in [-0.05, 0) is 50.6 Å². The minimum absolute atomic E-state index is 0.163. The van der Waals surface area contributed by atoms with Crippen LogP contribution < -0.4 is 16.0 Å². The average Bonchev–Trinajstić information content (AvgIpc) is 2.88. The average molecular weight is 518 g/mol. The zero-order valence-electron chi connectivity index (χ0n) is 21.7. The third kappa shape index (κ3) is 7.92. The van der Waals surface area contributed by atoms with Crippen LogP contribution in [0.25, 0.3) is 0 Å². The van der Waals surface area contributed by atoms with Crippen LogP contribution in [0.5, 0.6) is 0 Å². The Balaban J connectivity index is 1.83. The van der Waals surface area contributed by atoms with Crippen LogP contribution in [0.15, 0.2) is 78.9 Å². The van der Waals surface area contributed by atoms with Crippen molar-refractivity contribution in [2.75, 3.05) is 17.7 Å². The molecule has 3 aromatic carbocycles. The number of nitrogens with one attached hydrogen (secondary N) is 3. The molecule has 1 unspecified atom stereocenters. The summed E-state index contributed by atoms with van der Waals surface area (Å²) < 4.78 is 10.1. The van der Waals surface area contributed by atoms with Gasteiger partial charge in [0.05, 0.1) is 29.6 Å². The van der Waals surface area contributed by atoms with Crippen LogP contribution in [0.2, 0.25) is 0 Å². The van der Waals surface area contributed by atoms with Crippen molar-refractivity contribution in [1.29, 1.82) is 0 Å². The van der Waals surface area contributed by atoms with E-state index in [4.69, 9.17) is 9.47 Å². The normalized spacial score (nSPS) is 11.6. The highest BCUT2D eigenvalue weighted by molar-refractivity contribution is 6.12. The van der Waals surface area contributed by atoms with Gasteiger partial charge in [0.2, 0.25) is 5.91 Å². The number of rotatable bonds is 8. The molecule has 0 saturated carbocycles. The number of methoxy groups -OCH3 is 1. The standard InChI is InChI=1S/C29H31N3O6/c1-29(2,3)38-28(36)32-24(18-19-12-6-5-7-13-19)26(34)31-22-16-10-8-14-20(22)25(33)30-23-17-11-9-15-21(23)27(35)37-4/h5-17,24H,18H2,1-4H3,(H,30,33)(H,31,34)(H,32,36). The first-order valence-corrected chi connectivity index (χ1v) is 12.0. The number of amides is 3. The number of benzene rings is 3. The SMILES string of the molecule is COC(=O)c1ccccc1NC(=O)c1ccccc1NC(=O)C(Cc1ccccc1)NC(=O)OC(C)(C)C. The van der Waals surface area contributed by atoms with Crippen molar-refractivity contribution >= 4 is 35.3 Å². The molecule has 1 atom stereocenters. The van der Waals surface area contributed by atoms with Crippen molar-refractivity contribution < 1.29 is 28.7 Å². The molecule has 0 aromatic heterocycles. The Morgan fingerprint density at radius 3 is 1.92 bits per heavy atom. The van der Waals surface area contributed by atoms with Gasteiger partial charge in [-0.3, -0.25) is 9.59 Å². The van der Waals surface area contributed by atoms with Crippen LogP contribution in [0, 0.1) is 0 Å². The van der Waals surface area contributed by atoms with Crippen molar-refractivity contribution in [1.82, 2.24) is 5.32 Å². The molecule has 0 spiro atoms. The third-order valence-corrected chi connectivity index (χ3v) is 5.30. The van der Waals surface area contributed by atoms with Gasteiger partial charge < -0.3 is 25.4 Å². The van der Waals surface area contributed by atoms with Crippen LogP contribution in [-0.4, -0.2) is 42.6 Å². The number of hydrogen-bond acceptors (Lipinski definition) is 6. The number of carbonyl (C=O) groups excluding carboxylic acids is 4. The zero-order valence-corrected chi connectivity index (χ0v) is 21.7. The lowest BCUT2D eigenvalue weighted by Gasteiger charge is -2.24. The molecular weight excluding hydrogens is 486 g/mol. The highest BCUT2D eigenvalue weighted by Gasteiger charge is 2.26. The van der Waals surface area contributed by atoms with E-state index >= 15 is 0 Å². The van der Waals surface area contributed by atoms with Crippen molar-refractivity contribution in [2.45, 2.75) is 38.8 Å². The van der Waals surface area contributed by atoms with E-state index in [9.17, 15) is 19.2 Å². The molecule has 0 radical (unpaired) electrons. The Kier molecular flexibility index (Phi) is 9.21. The van der Waals surface area contributed by atoms with Gasteiger partial charge in [0.25, 0.3) is 5.91 Å². The first-order chi connectivity index (χ1) is 18.1. The number of esters is 1. The molecule has 9 heteroatoms. The number of alkyl carbamates (subject to hydrolysis) is 1. The monoisotopic (exact) mass is 517 g/mol. The number of para-hydroxylation sites is 2. The summed E-state index contributed by atoms with van der Waals surface area (Å²) in [6, 6.07) is 21.1. The molecule has 0 heterocycles. The topological polar surface area (TPSA) is 123 Å². The summed E-state index contributed by atoms with van der Waals surface area (Å²) in [6.45, 7) is 5.18. The summed E-state index contributed by atoms with van der Waals surface area (Å²) in [6.07, 6.45) is -0.536. The van der Waals surface area contributed by atoms with Crippen molar-refractivity contribution in [3.8, 4) is 0 Å². The van der Waals surface area contributed by atoms with E-state index in [0.29, 0.717) is 0 Å². The van der Waals surface area contributed by atoms with Crippen LogP contribution >= 0.6 is 0 Å². The van der Waals surface area contributed by atoms with Crippen LogP contribution in [0.3, 0.4) is 0 Å². The second kappa shape index (κ2) is 12.5. The third-order valence-electron chi connectivity index (χ3n) is 5.30. The van der Waals surface area contributed by atoms with E-state index in [0.717, 1.165) is 5.56 Å². The number of ether oxygens (including phenoxy) is 2. The summed E-state index contributed by atoms with van der Waals surface area (Å²) in [5.74, 6) is -1.67. The quantitative estimate of drug-likeness (QED) is 0.369. The fourth-order valence-corrected chi connectivity index (χ4v) is 3.59. The Morgan fingerprint density at radius 1 is 0.763 bits per heavy atom. The first kappa shape index (κ1) is 27.9. The summed E-state index contributed by atoms with van der Waals surface area (Å²) in [5, 5.41) is 8.09. The number of carbonyl (C=O) groups is 4. The summed E-state index contributed by atoms with van der Waals surface area (Å²) >= 11 is 0. The minimum Gasteiger partial charge on any atom is -0.465 e. The van der Waals surface area contributed by atoms with Gasteiger partial charge in [0.1, 0.15) is 11.6 Å². The largest absolute Gasteiger partial charge is 0.465 e. The maximum absolute atomic E-state index is 13.4. The highest BCUT2D eigenvalue weighted by atomic mass is 16.6. The summed E-state index contributed by atoms with van der Waals surface area (Å²) in [4.78, 5) is 51.1. The van der Waals surface area contributed by atoms with E-state index in [1.54, 1.807) is 63.2 Å². The Bertz CT molecular complexity index is 1300. The van der Waals surface area contributed by atoms with E-state index in [-0.39, 0.29) is 28.9 Å². The molecule has 3 N–H and O–H groups in total. The predicted molar refractivity (Wildman–Crippen MR) is 144 cm³/mol. The van der Waals surface area contributed by atoms with E-state index in [1.807, 2.05) is 30.3 Å². The fraction of sp³-hybridized carbons (Fsp3) is 0.241. The summed E-state index contributed by atoms with van der Waals surface area (Å²) in [7, 11) is 1.25. The Morgan fingerprint density at radius 2 is 1.32 bits per heavy atom. The van der Waals surface area contributed by atoms with Crippen molar-refractivity contribution in [2.24, 2.45) is 0 Å². The first-order valence-electron chi connectivity index (χ1n) is 12.0. The molecule has 0 aliphatic rings. The molecule has 0 aliphatic carbocycles. The maximum Gasteiger partial charge on any atom is 0.408 e. The molecule has 0 fully saturated rings. The van der Waals surface area contributed by atoms with Gasteiger partial charge in [0, 0.05) is 6.42 Å². The molecule has 0 saturated heterocycles. The molecule has 9 nitrogen and oxygen atoms in total.